The summed E-state index contributed by atoms with van der Waals surface area (Å²) in [6, 6.07) is 8.81. The second kappa shape index (κ2) is 5.63. The first kappa shape index (κ1) is 14.9. The van der Waals surface area contributed by atoms with Gasteiger partial charge in [-0.3, -0.25) is 0 Å². The van der Waals surface area contributed by atoms with E-state index < -0.39 is 0 Å². The molecule has 0 saturated carbocycles. The van der Waals surface area contributed by atoms with Crippen molar-refractivity contribution in [1.29, 1.82) is 0 Å². The van der Waals surface area contributed by atoms with Gasteiger partial charge in [-0.25, -0.2) is 4.98 Å². The third-order valence-electron chi connectivity index (χ3n) is 3.92. The van der Waals surface area contributed by atoms with E-state index in [-0.39, 0.29) is 11.8 Å². The second-order valence-corrected chi connectivity index (χ2v) is 6.09. The highest BCUT2D eigenvalue weighted by molar-refractivity contribution is 6.31. The van der Waals surface area contributed by atoms with Gasteiger partial charge < -0.3 is 15.8 Å². The van der Waals surface area contributed by atoms with E-state index in [1.807, 2.05) is 32.0 Å². The lowest BCUT2D eigenvalue weighted by Gasteiger charge is -2.14. The number of H-pyrrole nitrogens is 1. The van der Waals surface area contributed by atoms with E-state index >= 15 is 0 Å². The van der Waals surface area contributed by atoms with Crippen LogP contribution < -0.4 is 5.73 Å². The molecule has 22 heavy (non-hydrogen) atoms. The molecule has 2 aromatic carbocycles. The van der Waals surface area contributed by atoms with Crippen LogP contribution in [0, 0.1) is 13.8 Å². The van der Waals surface area contributed by atoms with Crippen molar-refractivity contribution in [2.75, 3.05) is 0 Å². The first-order valence-electron chi connectivity index (χ1n) is 7.14. The third kappa shape index (κ3) is 2.80. The quantitative estimate of drug-likeness (QED) is 0.688. The number of halogens is 1. The summed E-state index contributed by atoms with van der Waals surface area (Å²) in [5.41, 5.74) is 11.3. The van der Waals surface area contributed by atoms with Crippen LogP contribution in [0.4, 0.5) is 0 Å². The predicted octanol–water partition coefficient (Wildman–Crippen LogP) is 3.78. The number of hydrogen-bond donors (Lipinski definition) is 3. The van der Waals surface area contributed by atoms with E-state index in [1.54, 1.807) is 12.1 Å². The van der Waals surface area contributed by atoms with E-state index in [9.17, 15) is 5.11 Å². The fourth-order valence-electron chi connectivity index (χ4n) is 2.79. The molecule has 0 fully saturated rings. The monoisotopic (exact) mass is 315 g/mol. The molecule has 1 aromatic heterocycles. The number of imidazole rings is 1. The standard InChI is InChI=1S/C17H18ClN3O/c1-9-5-12(22)6-10(2)13(9)8-14(19)17-20-15-4-3-11(18)7-16(15)21-17/h3-7,14,22H,8,19H2,1-2H3,(H,20,21). The number of hydrogen-bond acceptors (Lipinski definition) is 3. The number of fused-ring (bicyclic) bond motifs is 1. The number of rotatable bonds is 3. The Morgan fingerprint density at radius 3 is 2.59 bits per heavy atom. The van der Waals surface area contributed by atoms with Crippen LogP contribution >= 0.6 is 11.6 Å². The number of nitrogens with one attached hydrogen (secondary N) is 1. The van der Waals surface area contributed by atoms with Crippen molar-refractivity contribution in [2.24, 2.45) is 5.73 Å². The van der Waals surface area contributed by atoms with E-state index in [1.165, 1.54) is 0 Å². The molecule has 0 aliphatic heterocycles. The molecule has 4 nitrogen and oxygen atoms in total. The molecule has 1 unspecified atom stereocenters. The van der Waals surface area contributed by atoms with Crippen molar-refractivity contribution in [1.82, 2.24) is 9.97 Å². The summed E-state index contributed by atoms with van der Waals surface area (Å²) in [5.74, 6) is 1.02. The van der Waals surface area contributed by atoms with Crippen molar-refractivity contribution in [3.63, 3.8) is 0 Å². The van der Waals surface area contributed by atoms with Gasteiger partial charge in [0.15, 0.2) is 0 Å². The maximum absolute atomic E-state index is 9.63. The highest BCUT2D eigenvalue weighted by Gasteiger charge is 2.15. The lowest BCUT2D eigenvalue weighted by atomic mass is 9.96. The topological polar surface area (TPSA) is 74.9 Å². The van der Waals surface area contributed by atoms with Crippen molar-refractivity contribution < 1.29 is 5.11 Å². The number of aromatic hydroxyl groups is 1. The van der Waals surface area contributed by atoms with Gasteiger partial charge in [0.05, 0.1) is 17.1 Å². The summed E-state index contributed by atoms with van der Waals surface area (Å²) in [5, 5.41) is 10.3. The summed E-state index contributed by atoms with van der Waals surface area (Å²) >= 11 is 5.99. The Morgan fingerprint density at radius 1 is 1.23 bits per heavy atom. The summed E-state index contributed by atoms with van der Waals surface area (Å²) in [6.45, 7) is 3.96. The highest BCUT2D eigenvalue weighted by atomic mass is 35.5. The lowest BCUT2D eigenvalue weighted by Crippen LogP contribution is -2.16. The molecule has 5 heteroatoms. The molecule has 1 atom stereocenters. The first-order valence-corrected chi connectivity index (χ1v) is 7.51. The molecule has 0 saturated heterocycles. The van der Waals surface area contributed by atoms with Crippen LogP contribution in [-0.2, 0) is 6.42 Å². The molecular formula is C17H18ClN3O. The van der Waals surface area contributed by atoms with E-state index in [4.69, 9.17) is 17.3 Å². The summed E-state index contributed by atoms with van der Waals surface area (Å²) in [6.07, 6.45) is 0.658. The van der Waals surface area contributed by atoms with Crippen LogP contribution in [0.3, 0.4) is 0 Å². The molecule has 3 rings (SSSR count). The number of nitrogens with zero attached hydrogens (tertiary/aromatic N) is 1. The maximum Gasteiger partial charge on any atom is 0.124 e. The Morgan fingerprint density at radius 2 is 1.91 bits per heavy atom. The Balaban J connectivity index is 1.91. The SMILES string of the molecule is Cc1cc(O)cc(C)c1CC(N)c1nc2ccc(Cl)cc2[nH]1. The number of aromatic amines is 1. The van der Waals surface area contributed by atoms with Crippen LogP contribution in [0.1, 0.15) is 28.6 Å². The maximum atomic E-state index is 9.63. The average molecular weight is 316 g/mol. The van der Waals surface area contributed by atoms with Gasteiger partial charge in [0.1, 0.15) is 11.6 Å². The van der Waals surface area contributed by atoms with Gasteiger partial charge in [-0.1, -0.05) is 11.6 Å². The number of phenolic OH excluding ortho intramolecular Hbond substituents is 1. The van der Waals surface area contributed by atoms with Crippen molar-refractivity contribution in [3.8, 4) is 5.75 Å². The largest absolute Gasteiger partial charge is 0.508 e. The van der Waals surface area contributed by atoms with E-state index in [0.29, 0.717) is 11.4 Å². The van der Waals surface area contributed by atoms with Gasteiger partial charge in [-0.2, -0.15) is 0 Å². The average Bonchev–Trinajstić information content (AvgIpc) is 2.85. The predicted molar refractivity (Wildman–Crippen MR) is 89.3 cm³/mol. The fraction of sp³-hybridized carbons (Fsp3) is 0.235. The van der Waals surface area contributed by atoms with Crippen molar-refractivity contribution in [3.05, 3.63) is 57.9 Å². The minimum Gasteiger partial charge on any atom is -0.508 e. The molecule has 0 amide bonds. The van der Waals surface area contributed by atoms with E-state index in [0.717, 1.165) is 33.5 Å². The smallest absolute Gasteiger partial charge is 0.124 e. The van der Waals surface area contributed by atoms with E-state index in [2.05, 4.69) is 9.97 Å². The summed E-state index contributed by atoms with van der Waals surface area (Å²) in [4.78, 5) is 7.78. The van der Waals surface area contributed by atoms with Gasteiger partial charge in [-0.15, -0.1) is 0 Å². The van der Waals surface area contributed by atoms with Crippen molar-refractivity contribution in [2.45, 2.75) is 26.3 Å². The normalized spacial score (nSPS) is 12.7. The molecule has 0 bridgehead atoms. The number of phenols is 1. The fourth-order valence-corrected chi connectivity index (χ4v) is 2.96. The summed E-state index contributed by atoms with van der Waals surface area (Å²) in [7, 11) is 0. The molecular weight excluding hydrogens is 298 g/mol. The summed E-state index contributed by atoms with van der Waals surface area (Å²) < 4.78 is 0. The van der Waals surface area contributed by atoms with Gasteiger partial charge in [0.2, 0.25) is 0 Å². The third-order valence-corrected chi connectivity index (χ3v) is 4.15. The van der Waals surface area contributed by atoms with Gasteiger partial charge in [0, 0.05) is 5.02 Å². The molecule has 0 radical (unpaired) electrons. The Kier molecular flexibility index (Phi) is 3.81. The Hall–Kier alpha value is -2.04. The lowest BCUT2D eigenvalue weighted by molar-refractivity contribution is 0.474. The molecule has 0 aliphatic carbocycles. The Labute approximate surface area is 133 Å². The molecule has 0 aliphatic rings. The van der Waals surface area contributed by atoms with Gasteiger partial charge >= 0.3 is 0 Å². The molecule has 0 spiro atoms. The molecule has 1 heterocycles. The number of nitrogens with two attached hydrogens (primary N) is 1. The minimum atomic E-state index is -0.242. The van der Waals surface area contributed by atoms with Crippen LogP contribution in [0.5, 0.6) is 5.75 Å². The van der Waals surface area contributed by atoms with Gasteiger partial charge in [-0.05, 0) is 67.3 Å². The Bertz CT molecular complexity index is 818. The van der Waals surface area contributed by atoms with Crippen molar-refractivity contribution >= 4 is 22.6 Å². The molecule has 114 valence electrons. The van der Waals surface area contributed by atoms with Crippen LogP contribution in [0.2, 0.25) is 5.02 Å². The zero-order valence-corrected chi connectivity index (χ0v) is 13.3. The van der Waals surface area contributed by atoms with Gasteiger partial charge in [0.25, 0.3) is 0 Å². The number of benzene rings is 2. The number of aryl methyl sites for hydroxylation is 2. The molecule has 4 N–H and O–H groups in total. The first-order chi connectivity index (χ1) is 10.4. The van der Waals surface area contributed by atoms with Crippen LogP contribution in [0.25, 0.3) is 11.0 Å². The van der Waals surface area contributed by atoms with Crippen LogP contribution in [-0.4, -0.2) is 15.1 Å². The minimum absolute atomic E-state index is 0.242. The van der Waals surface area contributed by atoms with Crippen LogP contribution in [0.15, 0.2) is 30.3 Å². The molecule has 3 aromatic rings. The highest BCUT2D eigenvalue weighted by Crippen LogP contribution is 2.26. The zero-order chi connectivity index (χ0) is 15.9. The zero-order valence-electron chi connectivity index (χ0n) is 12.5. The second-order valence-electron chi connectivity index (χ2n) is 5.65. The number of aromatic nitrogens is 2.